The highest BCUT2D eigenvalue weighted by atomic mass is 16.5. The van der Waals surface area contributed by atoms with E-state index in [2.05, 4.69) is 15.3 Å². The Balaban J connectivity index is 2.04. The molecule has 0 unspecified atom stereocenters. The maximum Gasteiger partial charge on any atom is 0.222 e. The number of nitrogens with one attached hydrogen (secondary N) is 1. The molecule has 0 saturated heterocycles. The molecule has 1 N–H and O–H groups in total. The third-order valence-corrected chi connectivity index (χ3v) is 3.22. The molecule has 0 spiro atoms. The van der Waals surface area contributed by atoms with Crippen LogP contribution in [-0.2, 0) is 0 Å². The minimum atomic E-state index is 0.609. The molecule has 3 rings (SSSR count). The van der Waals surface area contributed by atoms with E-state index in [0.717, 1.165) is 34.7 Å². The first-order valence-electron chi connectivity index (χ1n) is 6.69. The lowest BCUT2D eigenvalue weighted by Gasteiger charge is -2.11. The van der Waals surface area contributed by atoms with Crippen molar-refractivity contribution in [2.24, 2.45) is 0 Å². The van der Waals surface area contributed by atoms with Gasteiger partial charge in [0.05, 0.1) is 18.9 Å². The Morgan fingerprint density at radius 2 is 1.95 bits per heavy atom. The van der Waals surface area contributed by atoms with Crippen LogP contribution in [-0.4, -0.2) is 30.2 Å². The first-order chi connectivity index (χ1) is 9.78. The fourth-order valence-electron chi connectivity index (χ4n) is 2.17. The lowest BCUT2D eigenvalue weighted by atomic mass is 10.1. The van der Waals surface area contributed by atoms with Crippen LogP contribution in [0.3, 0.4) is 0 Å². The molecule has 2 heterocycles. The molecule has 0 fully saturated rings. The van der Waals surface area contributed by atoms with Crippen LogP contribution in [0.2, 0.25) is 0 Å². The van der Waals surface area contributed by atoms with Gasteiger partial charge in [-0.15, -0.1) is 0 Å². The standard InChI is InChI=1S/C15H17N3O2/c1-10-9-17-15(16-2)18-14(10)11-4-5-12-13(8-11)20-7-3-6-19-12/h4-5,8-9H,3,6-7H2,1-2H3,(H,16,17,18). The minimum Gasteiger partial charge on any atom is -0.490 e. The van der Waals surface area contributed by atoms with E-state index in [0.29, 0.717) is 19.2 Å². The van der Waals surface area contributed by atoms with Crippen LogP contribution in [0.25, 0.3) is 11.3 Å². The summed E-state index contributed by atoms with van der Waals surface area (Å²) >= 11 is 0. The van der Waals surface area contributed by atoms with E-state index < -0.39 is 0 Å². The van der Waals surface area contributed by atoms with Crippen molar-refractivity contribution in [3.05, 3.63) is 30.0 Å². The Hall–Kier alpha value is -2.30. The van der Waals surface area contributed by atoms with Crippen LogP contribution in [0, 0.1) is 6.92 Å². The summed E-state index contributed by atoms with van der Waals surface area (Å²) in [5.41, 5.74) is 2.93. The van der Waals surface area contributed by atoms with Gasteiger partial charge in [-0.2, -0.15) is 0 Å². The monoisotopic (exact) mass is 271 g/mol. The number of rotatable bonds is 2. The van der Waals surface area contributed by atoms with Crippen LogP contribution < -0.4 is 14.8 Å². The lowest BCUT2D eigenvalue weighted by molar-refractivity contribution is 0.297. The SMILES string of the molecule is CNc1ncc(C)c(-c2ccc3c(c2)OCCCO3)n1. The number of hydrogen-bond acceptors (Lipinski definition) is 5. The fraction of sp³-hybridized carbons (Fsp3) is 0.333. The smallest absolute Gasteiger partial charge is 0.222 e. The van der Waals surface area contributed by atoms with Gasteiger partial charge in [-0.05, 0) is 30.7 Å². The topological polar surface area (TPSA) is 56.3 Å². The number of aryl methyl sites for hydroxylation is 1. The maximum atomic E-state index is 5.72. The molecule has 20 heavy (non-hydrogen) atoms. The first kappa shape index (κ1) is 12.7. The van der Waals surface area contributed by atoms with Gasteiger partial charge in [0.25, 0.3) is 0 Å². The van der Waals surface area contributed by atoms with Crippen LogP contribution in [0.15, 0.2) is 24.4 Å². The molecule has 0 amide bonds. The molecule has 0 saturated carbocycles. The zero-order valence-electron chi connectivity index (χ0n) is 11.6. The third kappa shape index (κ3) is 2.39. The number of nitrogens with zero attached hydrogens (tertiary/aromatic N) is 2. The third-order valence-electron chi connectivity index (χ3n) is 3.22. The largest absolute Gasteiger partial charge is 0.490 e. The summed E-state index contributed by atoms with van der Waals surface area (Å²) in [7, 11) is 1.81. The normalized spacial score (nSPS) is 13.7. The van der Waals surface area contributed by atoms with Gasteiger partial charge in [0.1, 0.15) is 0 Å². The molecule has 2 aromatic rings. The number of anilines is 1. The predicted molar refractivity (Wildman–Crippen MR) is 77.4 cm³/mol. The van der Waals surface area contributed by atoms with Gasteiger partial charge in [-0.3, -0.25) is 0 Å². The number of ether oxygens (including phenoxy) is 2. The molecule has 1 aliphatic rings. The Morgan fingerprint density at radius 3 is 2.75 bits per heavy atom. The van der Waals surface area contributed by atoms with Crippen LogP contribution >= 0.6 is 0 Å². The Labute approximate surface area is 118 Å². The molecular formula is C15H17N3O2. The summed E-state index contributed by atoms with van der Waals surface area (Å²) < 4.78 is 11.4. The molecule has 0 bridgehead atoms. The zero-order valence-corrected chi connectivity index (χ0v) is 11.6. The molecule has 1 aromatic heterocycles. The fourth-order valence-corrected chi connectivity index (χ4v) is 2.17. The van der Waals surface area contributed by atoms with E-state index in [1.807, 2.05) is 38.4 Å². The first-order valence-corrected chi connectivity index (χ1v) is 6.69. The average molecular weight is 271 g/mol. The molecular weight excluding hydrogens is 254 g/mol. The van der Waals surface area contributed by atoms with Gasteiger partial charge in [0, 0.05) is 25.2 Å². The molecule has 5 heteroatoms. The highest BCUT2D eigenvalue weighted by Gasteiger charge is 2.13. The molecule has 0 radical (unpaired) electrons. The second-order valence-electron chi connectivity index (χ2n) is 4.69. The molecule has 104 valence electrons. The summed E-state index contributed by atoms with van der Waals surface area (Å²) in [6.07, 6.45) is 2.72. The van der Waals surface area contributed by atoms with Crippen molar-refractivity contribution in [1.29, 1.82) is 0 Å². The second kappa shape index (κ2) is 5.36. The Kier molecular flexibility index (Phi) is 3.41. The predicted octanol–water partition coefficient (Wildman–Crippen LogP) is 2.66. The highest BCUT2D eigenvalue weighted by Crippen LogP contribution is 2.34. The van der Waals surface area contributed by atoms with E-state index in [9.17, 15) is 0 Å². The number of hydrogen-bond donors (Lipinski definition) is 1. The second-order valence-corrected chi connectivity index (χ2v) is 4.69. The van der Waals surface area contributed by atoms with Gasteiger partial charge in [0.2, 0.25) is 5.95 Å². The minimum absolute atomic E-state index is 0.609. The summed E-state index contributed by atoms with van der Waals surface area (Å²) in [5, 5.41) is 2.96. The van der Waals surface area contributed by atoms with E-state index >= 15 is 0 Å². The van der Waals surface area contributed by atoms with E-state index in [1.54, 1.807) is 0 Å². The van der Waals surface area contributed by atoms with Crippen molar-refractivity contribution < 1.29 is 9.47 Å². The lowest BCUT2D eigenvalue weighted by Crippen LogP contribution is -1.99. The van der Waals surface area contributed by atoms with Crippen molar-refractivity contribution in [2.75, 3.05) is 25.6 Å². The molecule has 0 atom stereocenters. The van der Waals surface area contributed by atoms with Gasteiger partial charge < -0.3 is 14.8 Å². The summed E-state index contributed by atoms with van der Waals surface area (Å²) in [4.78, 5) is 8.72. The Bertz CT molecular complexity index is 629. The zero-order chi connectivity index (χ0) is 13.9. The molecule has 1 aromatic carbocycles. The van der Waals surface area contributed by atoms with Gasteiger partial charge in [0.15, 0.2) is 11.5 Å². The summed E-state index contributed by atoms with van der Waals surface area (Å²) in [6.45, 7) is 3.38. The number of benzene rings is 1. The molecule has 5 nitrogen and oxygen atoms in total. The highest BCUT2D eigenvalue weighted by molar-refractivity contribution is 5.67. The van der Waals surface area contributed by atoms with Crippen molar-refractivity contribution in [3.8, 4) is 22.8 Å². The number of aromatic nitrogens is 2. The van der Waals surface area contributed by atoms with Crippen molar-refractivity contribution in [3.63, 3.8) is 0 Å². The van der Waals surface area contributed by atoms with E-state index in [-0.39, 0.29) is 0 Å². The molecule has 1 aliphatic heterocycles. The molecule has 0 aliphatic carbocycles. The van der Waals surface area contributed by atoms with Crippen molar-refractivity contribution in [1.82, 2.24) is 9.97 Å². The van der Waals surface area contributed by atoms with Crippen LogP contribution in [0.5, 0.6) is 11.5 Å². The average Bonchev–Trinajstić information content (AvgIpc) is 2.72. The quantitative estimate of drug-likeness (QED) is 0.910. The van der Waals surface area contributed by atoms with Gasteiger partial charge in [-0.1, -0.05) is 0 Å². The number of fused-ring (bicyclic) bond motifs is 1. The van der Waals surface area contributed by atoms with Crippen LogP contribution in [0.4, 0.5) is 5.95 Å². The van der Waals surface area contributed by atoms with Gasteiger partial charge in [-0.25, -0.2) is 9.97 Å². The Morgan fingerprint density at radius 1 is 1.15 bits per heavy atom. The summed E-state index contributed by atoms with van der Waals surface area (Å²) in [5.74, 6) is 2.19. The van der Waals surface area contributed by atoms with E-state index in [4.69, 9.17) is 9.47 Å². The van der Waals surface area contributed by atoms with Gasteiger partial charge >= 0.3 is 0 Å². The maximum absolute atomic E-state index is 5.72. The van der Waals surface area contributed by atoms with Crippen LogP contribution in [0.1, 0.15) is 12.0 Å². The van der Waals surface area contributed by atoms with Crippen molar-refractivity contribution in [2.45, 2.75) is 13.3 Å². The van der Waals surface area contributed by atoms with Crippen molar-refractivity contribution >= 4 is 5.95 Å². The summed E-state index contributed by atoms with van der Waals surface area (Å²) in [6, 6.07) is 5.92. The van der Waals surface area contributed by atoms with E-state index in [1.165, 1.54) is 0 Å².